The van der Waals surface area contributed by atoms with E-state index in [1.54, 1.807) is 13.2 Å². The molecule has 2 aliphatic rings. The molecule has 1 heterocycles. The van der Waals surface area contributed by atoms with Crippen LogP contribution < -0.4 is 10.1 Å². The molecule has 3 nitrogen and oxygen atoms in total. The van der Waals surface area contributed by atoms with Crippen molar-refractivity contribution in [1.29, 1.82) is 0 Å². The molecule has 0 radical (unpaired) electrons. The van der Waals surface area contributed by atoms with Crippen LogP contribution in [0.25, 0.3) is 0 Å². The van der Waals surface area contributed by atoms with Crippen molar-refractivity contribution in [3.05, 3.63) is 51.3 Å². The summed E-state index contributed by atoms with van der Waals surface area (Å²) in [6.07, 6.45) is 4.66. The fourth-order valence-electron chi connectivity index (χ4n) is 3.10. The molecule has 0 aromatic heterocycles. The molecule has 23 heavy (non-hydrogen) atoms. The molecule has 0 bridgehead atoms. The highest BCUT2D eigenvalue weighted by atomic mass is 79.9. The molecule has 0 spiro atoms. The van der Waals surface area contributed by atoms with Gasteiger partial charge in [0, 0.05) is 16.6 Å². The Balaban J connectivity index is 1.85. The lowest BCUT2D eigenvalue weighted by Gasteiger charge is -2.19. The van der Waals surface area contributed by atoms with Gasteiger partial charge in [0.05, 0.1) is 13.7 Å². The molecule has 1 aromatic carbocycles. The van der Waals surface area contributed by atoms with Crippen molar-refractivity contribution in [1.82, 2.24) is 5.32 Å². The number of methoxy groups -OCH3 is 1. The van der Waals surface area contributed by atoms with Gasteiger partial charge in [-0.2, -0.15) is 0 Å². The number of hydrogen-bond acceptors (Lipinski definition) is 3. The first kappa shape index (κ1) is 16.2. The molecule has 0 unspecified atom stereocenters. The third-order valence-corrected chi connectivity index (χ3v) is 4.71. The highest BCUT2D eigenvalue weighted by Gasteiger charge is 2.22. The molecule has 1 aliphatic carbocycles. The van der Waals surface area contributed by atoms with Crippen LogP contribution in [0.3, 0.4) is 0 Å². The lowest BCUT2D eigenvalue weighted by Crippen LogP contribution is -2.23. The highest BCUT2D eigenvalue weighted by molar-refractivity contribution is 9.10. The lowest BCUT2D eigenvalue weighted by atomic mass is 9.91. The van der Waals surface area contributed by atoms with Crippen LogP contribution in [0.15, 0.2) is 50.7 Å². The van der Waals surface area contributed by atoms with Crippen LogP contribution in [-0.4, -0.2) is 26.0 Å². The van der Waals surface area contributed by atoms with Gasteiger partial charge in [0.15, 0.2) is 0 Å². The summed E-state index contributed by atoms with van der Waals surface area (Å²) < 4.78 is 20.8. The minimum absolute atomic E-state index is 0.100. The fourth-order valence-corrected chi connectivity index (χ4v) is 3.50. The molecular weight excluding hydrogens is 359 g/mol. The van der Waals surface area contributed by atoms with E-state index in [-0.39, 0.29) is 5.83 Å². The number of aliphatic imine (C=N–C) groups is 1. The summed E-state index contributed by atoms with van der Waals surface area (Å²) in [7, 11) is 1.66. The quantitative estimate of drug-likeness (QED) is 0.826. The number of rotatable bonds is 5. The van der Waals surface area contributed by atoms with Gasteiger partial charge in [0.25, 0.3) is 0 Å². The number of nitrogens with zero attached hydrogens (tertiary/aromatic N) is 1. The molecule has 1 N–H and O–H groups in total. The van der Waals surface area contributed by atoms with E-state index in [1.165, 1.54) is 0 Å². The minimum Gasteiger partial charge on any atom is -0.496 e. The number of benzene rings is 1. The van der Waals surface area contributed by atoms with Gasteiger partial charge < -0.3 is 10.1 Å². The van der Waals surface area contributed by atoms with Crippen molar-refractivity contribution in [2.45, 2.75) is 25.7 Å². The normalized spacial score (nSPS) is 17.7. The van der Waals surface area contributed by atoms with Crippen LogP contribution >= 0.6 is 15.9 Å². The second-order valence-corrected chi connectivity index (χ2v) is 6.58. The molecule has 5 heteroatoms. The Bertz CT molecular complexity index is 694. The molecule has 3 rings (SSSR count). The Morgan fingerprint density at radius 1 is 1.35 bits per heavy atom. The predicted octanol–water partition coefficient (Wildman–Crippen LogP) is 4.34. The largest absolute Gasteiger partial charge is 0.496 e. The van der Waals surface area contributed by atoms with E-state index in [1.807, 2.05) is 18.2 Å². The van der Waals surface area contributed by atoms with Crippen molar-refractivity contribution >= 4 is 21.8 Å². The summed E-state index contributed by atoms with van der Waals surface area (Å²) in [6.45, 7) is 1.62. The average Bonchev–Trinajstić information content (AvgIpc) is 3.08. The van der Waals surface area contributed by atoms with Gasteiger partial charge in [0.1, 0.15) is 17.4 Å². The van der Waals surface area contributed by atoms with Crippen LogP contribution in [0.5, 0.6) is 5.75 Å². The summed E-state index contributed by atoms with van der Waals surface area (Å²) in [5, 5.41) is 3.27. The highest BCUT2D eigenvalue weighted by Crippen LogP contribution is 2.32. The third-order valence-electron chi connectivity index (χ3n) is 4.22. The molecule has 122 valence electrons. The second-order valence-electron chi connectivity index (χ2n) is 5.66. The van der Waals surface area contributed by atoms with Gasteiger partial charge in [0.2, 0.25) is 0 Å². The van der Waals surface area contributed by atoms with Crippen LogP contribution in [-0.2, 0) is 6.42 Å². The summed E-state index contributed by atoms with van der Waals surface area (Å²) in [6, 6.07) is 5.92. The van der Waals surface area contributed by atoms with Crippen LogP contribution in [0.1, 0.15) is 24.8 Å². The average molecular weight is 379 g/mol. The SMILES string of the molecule is COc1ccc(Br)cc1CCC1=C(C2=NCCN2)CCC=C1F. The van der Waals surface area contributed by atoms with E-state index >= 15 is 0 Å². The molecule has 0 fully saturated rings. The maximum atomic E-state index is 14.4. The number of aryl methyl sites for hydroxylation is 1. The smallest absolute Gasteiger partial charge is 0.124 e. The summed E-state index contributed by atoms with van der Waals surface area (Å²) in [4.78, 5) is 4.47. The summed E-state index contributed by atoms with van der Waals surface area (Å²) >= 11 is 3.49. The predicted molar refractivity (Wildman–Crippen MR) is 94.8 cm³/mol. The molecule has 0 saturated heterocycles. The minimum atomic E-state index is -0.100. The third kappa shape index (κ3) is 3.66. The Labute approximate surface area is 144 Å². The number of ether oxygens (including phenoxy) is 1. The first-order chi connectivity index (χ1) is 11.2. The maximum Gasteiger partial charge on any atom is 0.124 e. The van der Waals surface area contributed by atoms with Gasteiger partial charge >= 0.3 is 0 Å². The molecule has 0 atom stereocenters. The van der Waals surface area contributed by atoms with Gasteiger partial charge in [-0.25, -0.2) is 4.39 Å². The van der Waals surface area contributed by atoms with Crippen molar-refractivity contribution in [2.24, 2.45) is 4.99 Å². The van der Waals surface area contributed by atoms with E-state index in [9.17, 15) is 4.39 Å². The number of halogens is 2. The fraction of sp³-hybridized carbons (Fsp3) is 0.389. The van der Waals surface area contributed by atoms with E-state index in [2.05, 4.69) is 26.2 Å². The first-order valence-electron chi connectivity index (χ1n) is 7.88. The molecule has 0 saturated carbocycles. The van der Waals surface area contributed by atoms with E-state index < -0.39 is 0 Å². The van der Waals surface area contributed by atoms with Crippen LogP contribution in [0, 0.1) is 0 Å². The van der Waals surface area contributed by atoms with Crippen molar-refractivity contribution in [3.8, 4) is 5.75 Å². The van der Waals surface area contributed by atoms with Gasteiger partial charge in [-0.1, -0.05) is 15.9 Å². The zero-order valence-corrected chi connectivity index (χ0v) is 14.7. The van der Waals surface area contributed by atoms with E-state index in [0.29, 0.717) is 6.42 Å². The standard InChI is InChI=1S/C18H20BrFN2O/c1-23-17-8-6-13(19)11-12(17)5-7-14-15(3-2-4-16(14)20)18-21-9-10-22-18/h4,6,8,11H,2-3,5,7,9-10H2,1H3,(H,21,22). The Morgan fingerprint density at radius 2 is 2.22 bits per heavy atom. The number of nitrogens with one attached hydrogen (secondary N) is 1. The zero-order valence-electron chi connectivity index (χ0n) is 13.2. The maximum absolute atomic E-state index is 14.4. The number of amidine groups is 1. The topological polar surface area (TPSA) is 33.6 Å². The van der Waals surface area contributed by atoms with Crippen LogP contribution in [0.4, 0.5) is 4.39 Å². The van der Waals surface area contributed by atoms with Crippen molar-refractivity contribution in [3.63, 3.8) is 0 Å². The Hall–Kier alpha value is -1.62. The van der Waals surface area contributed by atoms with Gasteiger partial charge in [-0.15, -0.1) is 0 Å². The monoisotopic (exact) mass is 378 g/mol. The molecule has 1 aromatic rings. The Kier molecular flexibility index (Phi) is 5.16. The summed E-state index contributed by atoms with van der Waals surface area (Å²) in [5.41, 5.74) is 2.90. The van der Waals surface area contributed by atoms with Gasteiger partial charge in [-0.3, -0.25) is 4.99 Å². The summed E-state index contributed by atoms with van der Waals surface area (Å²) in [5.74, 6) is 1.62. The lowest BCUT2D eigenvalue weighted by molar-refractivity contribution is 0.409. The van der Waals surface area contributed by atoms with E-state index in [4.69, 9.17) is 4.74 Å². The number of hydrogen-bond donors (Lipinski definition) is 1. The Morgan fingerprint density at radius 3 is 2.96 bits per heavy atom. The van der Waals surface area contributed by atoms with Crippen molar-refractivity contribution in [2.75, 3.05) is 20.2 Å². The molecular formula is C18H20BrFN2O. The molecule has 1 aliphatic heterocycles. The van der Waals surface area contributed by atoms with E-state index in [0.717, 1.165) is 65.1 Å². The zero-order chi connectivity index (χ0) is 16.2. The second kappa shape index (κ2) is 7.30. The first-order valence-corrected chi connectivity index (χ1v) is 8.67. The van der Waals surface area contributed by atoms with Crippen molar-refractivity contribution < 1.29 is 9.13 Å². The van der Waals surface area contributed by atoms with Crippen LogP contribution in [0.2, 0.25) is 0 Å². The molecule has 0 amide bonds. The number of allylic oxidation sites excluding steroid dienone is 3. The van der Waals surface area contributed by atoms with Gasteiger partial charge in [-0.05, 0) is 61.1 Å².